The molecule has 4 rings (SSSR count). The van der Waals surface area contributed by atoms with Crippen molar-refractivity contribution in [1.29, 1.82) is 0 Å². The summed E-state index contributed by atoms with van der Waals surface area (Å²) < 4.78 is 32.0. The number of nitrogens with one attached hydrogen (secondary N) is 2. The van der Waals surface area contributed by atoms with Gasteiger partial charge in [-0.2, -0.15) is 4.31 Å². The van der Waals surface area contributed by atoms with E-state index in [-0.39, 0.29) is 17.3 Å². The average Bonchev–Trinajstić information content (AvgIpc) is 3.34. The van der Waals surface area contributed by atoms with Crippen molar-refractivity contribution >= 4 is 49.8 Å². The fourth-order valence-corrected chi connectivity index (χ4v) is 7.04. The molecule has 0 radical (unpaired) electrons. The van der Waals surface area contributed by atoms with Crippen molar-refractivity contribution in [3.63, 3.8) is 0 Å². The van der Waals surface area contributed by atoms with Crippen LogP contribution in [-0.4, -0.2) is 64.4 Å². The van der Waals surface area contributed by atoms with Crippen LogP contribution in [-0.2, 0) is 32.4 Å². The van der Waals surface area contributed by atoms with E-state index >= 15 is 0 Å². The van der Waals surface area contributed by atoms with E-state index in [9.17, 15) is 18.0 Å². The highest BCUT2D eigenvalue weighted by Crippen LogP contribution is 2.39. The Morgan fingerprint density at radius 1 is 1.19 bits per heavy atom. The van der Waals surface area contributed by atoms with Gasteiger partial charge in [0.15, 0.2) is 6.54 Å². The Labute approximate surface area is 196 Å². The van der Waals surface area contributed by atoms with Gasteiger partial charge in [-0.3, -0.25) is 4.79 Å². The van der Waals surface area contributed by atoms with Crippen molar-refractivity contribution in [2.75, 3.05) is 45.2 Å². The quantitative estimate of drug-likeness (QED) is 0.583. The van der Waals surface area contributed by atoms with Gasteiger partial charge in [0.2, 0.25) is 10.0 Å². The minimum Gasteiger partial charge on any atom is -0.465 e. The number of hydrogen-bond acceptors (Lipinski definition) is 6. The van der Waals surface area contributed by atoms with Crippen molar-refractivity contribution in [3.05, 3.63) is 45.3 Å². The Morgan fingerprint density at radius 3 is 2.53 bits per heavy atom. The summed E-state index contributed by atoms with van der Waals surface area (Å²) in [5, 5.41) is 3.92. The van der Waals surface area contributed by atoms with Crippen molar-refractivity contribution in [1.82, 2.24) is 4.31 Å². The van der Waals surface area contributed by atoms with Crippen molar-refractivity contribution in [3.8, 4) is 0 Å². The smallest absolute Gasteiger partial charge is 0.341 e. The molecule has 0 saturated carbocycles. The number of carbonyl (C=O) groups is 2. The zero-order chi connectivity index (χ0) is 22.9. The van der Waals surface area contributed by atoms with E-state index in [2.05, 4.69) is 5.32 Å². The molecule has 1 fully saturated rings. The van der Waals surface area contributed by atoms with Crippen LogP contribution in [0, 0.1) is 0 Å². The first-order valence-electron chi connectivity index (χ1n) is 10.4. The molecular weight excluding hydrogens is 474 g/mol. The third-order valence-corrected chi connectivity index (χ3v) is 9.23. The molecule has 1 aliphatic carbocycles. The molecule has 2 heterocycles. The molecule has 32 heavy (non-hydrogen) atoms. The summed E-state index contributed by atoms with van der Waals surface area (Å²) in [7, 11) is -2.24. The predicted octanol–water partition coefficient (Wildman–Crippen LogP) is 1.20. The number of nitrogens with zero attached hydrogens (tertiary/aromatic N) is 1. The number of sulfonamides is 1. The molecule has 2 aromatic rings. The van der Waals surface area contributed by atoms with Gasteiger partial charge in [-0.25, -0.2) is 13.2 Å². The van der Waals surface area contributed by atoms with E-state index in [4.69, 9.17) is 16.3 Å². The second-order valence-electron chi connectivity index (χ2n) is 7.89. The zero-order valence-corrected chi connectivity index (χ0v) is 20.0. The number of carbonyl (C=O) groups excluding carboxylic acids is 2. The number of benzene rings is 1. The molecule has 1 aliphatic heterocycles. The Hall–Kier alpha value is -1.98. The van der Waals surface area contributed by atoms with Crippen molar-refractivity contribution in [2.45, 2.75) is 24.2 Å². The maximum atomic E-state index is 12.8. The molecular formula is C21H25ClN3O5S2+. The Morgan fingerprint density at radius 2 is 1.88 bits per heavy atom. The van der Waals surface area contributed by atoms with E-state index in [1.54, 1.807) is 12.1 Å². The molecule has 0 bridgehead atoms. The molecule has 0 atom stereocenters. The molecule has 1 saturated heterocycles. The van der Waals surface area contributed by atoms with Gasteiger partial charge >= 0.3 is 5.97 Å². The van der Waals surface area contributed by atoms with Crippen LogP contribution in [0.2, 0.25) is 5.02 Å². The third kappa shape index (κ3) is 4.69. The normalized spacial score (nSPS) is 17.2. The average molecular weight is 499 g/mol. The standard InChI is InChI=1S/C21H24ClN3O5S2/c1-30-21(27)19-16-3-2-4-17(16)31-20(19)23-18(26)13-24-9-11-25(12-10-24)32(28,29)15-7-5-14(22)6-8-15/h5-8H,2-4,9-13H2,1H3,(H,23,26)/p+1. The van der Waals surface area contributed by atoms with Gasteiger partial charge in [0, 0.05) is 9.90 Å². The van der Waals surface area contributed by atoms with Crippen LogP contribution in [0.1, 0.15) is 27.2 Å². The van der Waals surface area contributed by atoms with Gasteiger partial charge in [-0.1, -0.05) is 11.6 Å². The second-order valence-corrected chi connectivity index (χ2v) is 11.4. The number of ether oxygens (including phenoxy) is 1. The number of esters is 1. The van der Waals surface area contributed by atoms with Gasteiger partial charge < -0.3 is 15.0 Å². The number of anilines is 1. The lowest BCUT2D eigenvalue weighted by Crippen LogP contribution is -3.15. The van der Waals surface area contributed by atoms with Gasteiger partial charge in [0.1, 0.15) is 5.00 Å². The summed E-state index contributed by atoms with van der Waals surface area (Å²) >= 11 is 7.30. The van der Waals surface area contributed by atoms with E-state index in [1.165, 1.54) is 34.9 Å². The summed E-state index contributed by atoms with van der Waals surface area (Å²) in [4.78, 5) is 27.3. The lowest BCUT2D eigenvalue weighted by molar-refractivity contribution is -0.895. The minimum absolute atomic E-state index is 0.195. The number of hydrogen-bond donors (Lipinski definition) is 2. The number of piperazine rings is 1. The molecule has 0 unspecified atom stereocenters. The molecule has 11 heteroatoms. The van der Waals surface area contributed by atoms with E-state index in [0.717, 1.165) is 34.6 Å². The number of quaternary nitrogens is 1. The molecule has 2 aliphatic rings. The van der Waals surface area contributed by atoms with Crippen LogP contribution >= 0.6 is 22.9 Å². The lowest BCUT2D eigenvalue weighted by atomic mass is 10.1. The number of halogens is 1. The zero-order valence-electron chi connectivity index (χ0n) is 17.6. The van der Waals surface area contributed by atoms with Crippen LogP contribution in [0.5, 0.6) is 0 Å². The van der Waals surface area contributed by atoms with Crippen LogP contribution in [0.4, 0.5) is 5.00 Å². The maximum Gasteiger partial charge on any atom is 0.341 e. The maximum absolute atomic E-state index is 12.8. The summed E-state index contributed by atoms with van der Waals surface area (Å²) in [6, 6.07) is 6.12. The first kappa shape index (κ1) is 23.2. The third-order valence-electron chi connectivity index (χ3n) is 5.86. The molecule has 1 amide bonds. The highest BCUT2D eigenvalue weighted by atomic mass is 35.5. The number of thiophene rings is 1. The van der Waals surface area contributed by atoms with Gasteiger partial charge in [-0.05, 0) is 49.1 Å². The SMILES string of the molecule is COC(=O)c1c(NC(=O)C[NH+]2CCN(S(=O)(=O)c3ccc(Cl)cc3)CC2)sc2c1CCC2. The number of fused-ring (bicyclic) bond motifs is 1. The van der Waals surface area contributed by atoms with E-state index in [1.807, 2.05) is 0 Å². The number of amides is 1. The summed E-state index contributed by atoms with van der Waals surface area (Å²) in [6.07, 6.45) is 2.74. The molecule has 0 spiro atoms. The molecule has 1 aromatic carbocycles. The summed E-state index contributed by atoms with van der Waals surface area (Å²) in [5.74, 6) is -0.618. The first-order chi connectivity index (χ1) is 15.3. The first-order valence-corrected chi connectivity index (χ1v) is 13.0. The molecule has 1 aromatic heterocycles. The Balaban J connectivity index is 1.36. The van der Waals surface area contributed by atoms with Gasteiger partial charge in [-0.15, -0.1) is 11.3 Å². The van der Waals surface area contributed by atoms with E-state index in [0.29, 0.717) is 41.8 Å². The Kier molecular flexibility index (Phi) is 6.87. The second kappa shape index (κ2) is 9.48. The summed E-state index contributed by atoms with van der Waals surface area (Å²) in [6.45, 7) is 1.90. The number of methoxy groups -OCH3 is 1. The van der Waals surface area contributed by atoms with Crippen molar-refractivity contribution < 1.29 is 27.6 Å². The highest BCUT2D eigenvalue weighted by Gasteiger charge is 2.32. The fourth-order valence-electron chi connectivity index (χ4n) is 4.18. The summed E-state index contributed by atoms with van der Waals surface area (Å²) in [5.41, 5.74) is 1.47. The largest absolute Gasteiger partial charge is 0.465 e. The van der Waals surface area contributed by atoms with Crippen LogP contribution in [0.15, 0.2) is 29.2 Å². The lowest BCUT2D eigenvalue weighted by Gasteiger charge is -2.31. The van der Waals surface area contributed by atoms with Crippen LogP contribution < -0.4 is 10.2 Å². The topological polar surface area (TPSA) is 97.2 Å². The van der Waals surface area contributed by atoms with Gasteiger partial charge in [0.05, 0.1) is 43.7 Å². The van der Waals surface area contributed by atoms with Crippen molar-refractivity contribution in [2.24, 2.45) is 0 Å². The van der Waals surface area contributed by atoms with Crippen LogP contribution in [0.3, 0.4) is 0 Å². The monoisotopic (exact) mass is 498 g/mol. The number of rotatable bonds is 6. The predicted molar refractivity (Wildman–Crippen MR) is 122 cm³/mol. The Bertz CT molecular complexity index is 1120. The molecule has 172 valence electrons. The van der Waals surface area contributed by atoms with Gasteiger partial charge in [0.25, 0.3) is 5.91 Å². The molecule has 8 nitrogen and oxygen atoms in total. The van der Waals surface area contributed by atoms with E-state index < -0.39 is 16.0 Å². The number of aryl methyl sites for hydroxylation is 1. The molecule has 2 N–H and O–H groups in total. The fraction of sp³-hybridized carbons (Fsp3) is 0.429. The minimum atomic E-state index is -3.58. The van der Waals surface area contributed by atoms with Crippen LogP contribution in [0.25, 0.3) is 0 Å². The highest BCUT2D eigenvalue weighted by molar-refractivity contribution is 7.89.